The van der Waals surface area contributed by atoms with E-state index in [1.165, 1.54) is 6.92 Å². The summed E-state index contributed by atoms with van der Waals surface area (Å²) in [6.45, 7) is 9.89. The molecule has 0 aliphatic rings. The van der Waals surface area contributed by atoms with Crippen LogP contribution in [0.4, 0.5) is 11.4 Å². The molecule has 0 saturated carbocycles. The Hall–Kier alpha value is -3.04. The molecule has 1 amide bonds. The Morgan fingerprint density at radius 2 is 1.40 bits per heavy atom. The smallest absolute Gasteiger partial charge is 0.258 e. The minimum atomic E-state index is -1.46. The van der Waals surface area contributed by atoms with Crippen LogP contribution in [0.2, 0.25) is 10.0 Å². The maximum Gasteiger partial charge on any atom is 0.258 e. The lowest BCUT2D eigenvalue weighted by Crippen LogP contribution is -2.32. The lowest BCUT2D eigenvalue weighted by molar-refractivity contribution is -0.126. The van der Waals surface area contributed by atoms with Crippen LogP contribution in [0.3, 0.4) is 0 Å². The second-order valence-electron chi connectivity index (χ2n) is 6.98. The highest BCUT2D eigenvalue weighted by atomic mass is 35.5. The van der Waals surface area contributed by atoms with Crippen LogP contribution < -0.4 is 24.3 Å². The highest BCUT2D eigenvalue weighted by Crippen LogP contribution is 2.41. The zero-order valence-corrected chi connectivity index (χ0v) is 21.8. The summed E-state index contributed by atoms with van der Waals surface area (Å²) >= 11 is 12.6. The van der Waals surface area contributed by atoms with Crippen LogP contribution in [0, 0.1) is 0 Å². The van der Waals surface area contributed by atoms with Crippen molar-refractivity contribution in [3.05, 3.63) is 34.3 Å². The Kier molecular flexibility index (Phi) is 11.1. The van der Waals surface area contributed by atoms with Gasteiger partial charge in [0, 0.05) is 29.3 Å². The van der Waals surface area contributed by atoms with Crippen molar-refractivity contribution in [2.24, 2.45) is 10.2 Å². The zero-order chi connectivity index (χ0) is 26.0. The average Bonchev–Trinajstić information content (AvgIpc) is 2.79. The Morgan fingerprint density at radius 3 is 1.91 bits per heavy atom. The van der Waals surface area contributed by atoms with Crippen molar-refractivity contribution in [2.75, 3.05) is 31.7 Å². The topological polar surface area (TPSA) is 108 Å². The number of azo groups is 1. The van der Waals surface area contributed by atoms with Gasteiger partial charge in [-0.1, -0.05) is 23.2 Å². The van der Waals surface area contributed by atoms with Crippen molar-refractivity contribution in [3.63, 3.8) is 0 Å². The van der Waals surface area contributed by atoms with E-state index >= 15 is 0 Å². The van der Waals surface area contributed by atoms with E-state index in [9.17, 15) is 9.59 Å². The van der Waals surface area contributed by atoms with Crippen molar-refractivity contribution < 1.29 is 28.5 Å². The number of rotatable bonds is 13. The molecule has 0 heterocycles. The molecule has 0 fully saturated rings. The SMILES string of the molecule is CCOc1cc(NC(=O)C(N=Nc2c(OCC)cc(Cl)cc2OCC)C(C)=O)c(Cl)c(OCC)c1. The fourth-order valence-electron chi connectivity index (χ4n) is 2.99. The largest absolute Gasteiger partial charge is 0.494 e. The molecule has 1 atom stereocenters. The fraction of sp³-hybridized carbons (Fsp3) is 0.417. The van der Waals surface area contributed by atoms with Crippen LogP contribution >= 0.6 is 23.2 Å². The van der Waals surface area contributed by atoms with Gasteiger partial charge in [-0.05, 0) is 34.6 Å². The Labute approximate surface area is 214 Å². The highest BCUT2D eigenvalue weighted by molar-refractivity contribution is 6.35. The summed E-state index contributed by atoms with van der Waals surface area (Å²) in [7, 11) is 0. The second-order valence-corrected chi connectivity index (χ2v) is 7.80. The quantitative estimate of drug-likeness (QED) is 0.244. The molecule has 1 N–H and O–H groups in total. The predicted octanol–water partition coefficient (Wildman–Crippen LogP) is 6.27. The Bertz CT molecular complexity index is 1050. The van der Waals surface area contributed by atoms with Gasteiger partial charge < -0.3 is 24.3 Å². The average molecular weight is 526 g/mol. The van der Waals surface area contributed by atoms with E-state index in [0.717, 1.165) is 0 Å². The number of nitrogens with one attached hydrogen (secondary N) is 1. The molecule has 0 aromatic heterocycles. The third-order valence-corrected chi connectivity index (χ3v) is 5.00. The summed E-state index contributed by atoms with van der Waals surface area (Å²) in [5, 5.41) is 11.3. The number of ketones is 1. The third-order valence-electron chi connectivity index (χ3n) is 4.39. The maximum absolute atomic E-state index is 13.0. The van der Waals surface area contributed by atoms with E-state index in [4.69, 9.17) is 42.1 Å². The van der Waals surface area contributed by atoms with Crippen molar-refractivity contribution in [1.29, 1.82) is 0 Å². The van der Waals surface area contributed by atoms with E-state index in [1.807, 2.05) is 6.92 Å². The summed E-state index contributed by atoms with van der Waals surface area (Å²) in [5.74, 6) is 0.135. The molecule has 2 aromatic carbocycles. The molecule has 190 valence electrons. The number of hydrogen-bond donors (Lipinski definition) is 1. The molecule has 0 radical (unpaired) electrons. The van der Waals surface area contributed by atoms with Gasteiger partial charge in [-0.3, -0.25) is 9.59 Å². The van der Waals surface area contributed by atoms with Crippen LogP contribution in [0.15, 0.2) is 34.5 Å². The molecule has 0 saturated heterocycles. The number of amides is 1. The number of halogens is 2. The number of hydrogen-bond acceptors (Lipinski definition) is 8. The number of anilines is 1. The minimum Gasteiger partial charge on any atom is -0.494 e. The normalized spacial score (nSPS) is 11.7. The molecule has 35 heavy (non-hydrogen) atoms. The first-order chi connectivity index (χ1) is 16.7. The standard InChI is InChI=1S/C24H29Cl2N3O6/c1-6-32-16-12-17(21(26)18(13-16)33-7-2)27-24(31)22(14(5)30)28-29-23-19(34-8-3)10-15(25)11-20(23)35-9-4/h10-13,22H,6-9H2,1-5H3,(H,27,31). The van der Waals surface area contributed by atoms with Gasteiger partial charge in [0.1, 0.15) is 16.5 Å². The maximum atomic E-state index is 13.0. The van der Waals surface area contributed by atoms with Gasteiger partial charge in [0.05, 0.1) is 32.1 Å². The highest BCUT2D eigenvalue weighted by Gasteiger charge is 2.26. The van der Waals surface area contributed by atoms with E-state index in [-0.39, 0.29) is 16.4 Å². The number of benzene rings is 2. The van der Waals surface area contributed by atoms with Crippen molar-refractivity contribution in [2.45, 2.75) is 40.7 Å². The van der Waals surface area contributed by atoms with E-state index < -0.39 is 17.7 Å². The molecule has 1 unspecified atom stereocenters. The summed E-state index contributed by atoms with van der Waals surface area (Å²) in [4.78, 5) is 25.3. The number of carbonyl (C=O) groups excluding carboxylic acids is 2. The first-order valence-electron chi connectivity index (χ1n) is 11.2. The van der Waals surface area contributed by atoms with Gasteiger partial charge in [0.25, 0.3) is 5.91 Å². The predicted molar refractivity (Wildman–Crippen MR) is 135 cm³/mol. The Morgan fingerprint density at radius 1 is 0.857 bits per heavy atom. The van der Waals surface area contributed by atoms with Crippen LogP contribution in [0.1, 0.15) is 34.6 Å². The molecule has 2 aromatic rings. The van der Waals surface area contributed by atoms with E-state index in [0.29, 0.717) is 54.4 Å². The van der Waals surface area contributed by atoms with E-state index in [1.54, 1.807) is 45.0 Å². The van der Waals surface area contributed by atoms with Gasteiger partial charge in [-0.2, -0.15) is 5.11 Å². The molecule has 0 aliphatic heterocycles. The summed E-state index contributed by atoms with van der Waals surface area (Å²) in [6.07, 6.45) is 0. The van der Waals surface area contributed by atoms with Crippen molar-refractivity contribution >= 4 is 46.3 Å². The van der Waals surface area contributed by atoms with Gasteiger partial charge >= 0.3 is 0 Å². The Balaban J connectivity index is 2.42. The molecule has 0 spiro atoms. The molecule has 9 nitrogen and oxygen atoms in total. The molecular weight excluding hydrogens is 497 g/mol. The zero-order valence-electron chi connectivity index (χ0n) is 20.3. The molecule has 11 heteroatoms. The fourth-order valence-corrected chi connectivity index (χ4v) is 3.40. The molecule has 0 aliphatic carbocycles. The van der Waals surface area contributed by atoms with Crippen molar-refractivity contribution in [1.82, 2.24) is 0 Å². The number of ether oxygens (including phenoxy) is 4. The molecule has 2 rings (SSSR count). The molecular formula is C24H29Cl2N3O6. The lowest BCUT2D eigenvalue weighted by atomic mass is 10.2. The minimum absolute atomic E-state index is 0.165. The van der Waals surface area contributed by atoms with Crippen LogP contribution in [0.5, 0.6) is 23.0 Å². The number of carbonyl (C=O) groups is 2. The summed E-state index contributed by atoms with van der Waals surface area (Å²) in [6, 6.07) is 4.81. The molecule has 0 bridgehead atoms. The summed E-state index contributed by atoms with van der Waals surface area (Å²) in [5.41, 5.74) is 0.427. The third kappa shape index (κ3) is 7.73. The number of nitrogens with zero attached hydrogens (tertiary/aromatic N) is 2. The van der Waals surface area contributed by atoms with Crippen LogP contribution in [0.25, 0.3) is 0 Å². The van der Waals surface area contributed by atoms with E-state index in [2.05, 4.69) is 15.5 Å². The second kappa shape index (κ2) is 13.7. The van der Waals surface area contributed by atoms with Gasteiger partial charge in [0.2, 0.25) is 6.04 Å². The van der Waals surface area contributed by atoms with Crippen LogP contribution in [-0.2, 0) is 9.59 Å². The number of Topliss-reactive ketones (excluding diaryl/α,β-unsaturated/α-hetero) is 1. The van der Waals surface area contributed by atoms with Crippen molar-refractivity contribution in [3.8, 4) is 23.0 Å². The monoisotopic (exact) mass is 525 g/mol. The van der Waals surface area contributed by atoms with Gasteiger partial charge in [-0.25, -0.2) is 0 Å². The first-order valence-corrected chi connectivity index (χ1v) is 11.9. The van der Waals surface area contributed by atoms with Gasteiger partial charge in [-0.15, -0.1) is 5.11 Å². The first kappa shape index (κ1) is 28.2. The van der Waals surface area contributed by atoms with Gasteiger partial charge in [0.15, 0.2) is 23.0 Å². The lowest BCUT2D eigenvalue weighted by Gasteiger charge is -2.16. The van der Waals surface area contributed by atoms with Crippen LogP contribution in [-0.4, -0.2) is 44.2 Å². The summed E-state index contributed by atoms with van der Waals surface area (Å²) < 4.78 is 22.2.